The van der Waals surface area contributed by atoms with E-state index in [1.165, 1.54) is 20.8 Å². The molecule has 0 amide bonds. The first-order valence-corrected chi connectivity index (χ1v) is 2.24. The summed E-state index contributed by atoms with van der Waals surface area (Å²) in [5, 5.41) is 6.28. The molecule has 0 saturated heterocycles. The molecule has 0 fully saturated rings. The molecule has 0 unspecified atom stereocenters. The van der Waals surface area contributed by atoms with Crippen molar-refractivity contribution in [2.45, 2.75) is 20.8 Å². The van der Waals surface area contributed by atoms with E-state index in [1.54, 1.807) is 0 Å². The van der Waals surface area contributed by atoms with Crippen molar-refractivity contribution in [3.05, 3.63) is 0 Å². The molecular weight excluding hydrogens is 205 g/mol. The molecule has 4 heteroatoms. The normalized spacial score (nSPS) is 5.67. The van der Waals surface area contributed by atoms with Crippen molar-refractivity contribution in [3.8, 4) is 0 Å². The van der Waals surface area contributed by atoms with Gasteiger partial charge in [-0.25, -0.2) is 0 Å². The summed E-state index contributed by atoms with van der Waals surface area (Å²) >= 11 is 0. The molecule has 0 atom stereocenters. The predicted octanol–water partition coefficient (Wildman–Crippen LogP) is 0.535. The molecule has 1 radical (unpaired) electrons. The van der Waals surface area contributed by atoms with Crippen molar-refractivity contribution >= 4 is 11.6 Å². The first-order chi connectivity index (χ1) is 3.46. The minimum absolute atomic E-state index is 0. The fourth-order valence-corrected chi connectivity index (χ4v) is 0. The molecule has 0 rings (SSSR count). The third-order valence-electron chi connectivity index (χ3n) is 0. The number of hydrogen-bond donors (Lipinski definition) is 2. The summed E-state index contributed by atoms with van der Waals surface area (Å²) in [6.07, 6.45) is 0. The van der Waals surface area contributed by atoms with E-state index >= 15 is 0 Å². The Labute approximate surface area is 68.3 Å². The van der Waals surface area contributed by atoms with Crippen LogP contribution in [0, 0.1) is 5.41 Å². The van der Waals surface area contributed by atoms with E-state index in [0.29, 0.717) is 0 Å². The Morgan fingerprint density at radius 3 is 1.33 bits per heavy atom. The van der Waals surface area contributed by atoms with Gasteiger partial charge >= 0.3 is 19.5 Å². The van der Waals surface area contributed by atoms with E-state index in [2.05, 4.69) is 0 Å². The van der Waals surface area contributed by atoms with Gasteiger partial charge in [0.25, 0.3) is 0 Å². The molecule has 9 heavy (non-hydrogen) atoms. The van der Waals surface area contributed by atoms with Crippen LogP contribution >= 0.6 is 0 Å². The van der Waals surface area contributed by atoms with Crippen LogP contribution in [-0.2, 0) is 24.3 Å². The minimum Gasteiger partial charge on any atom is -0.388 e. The first kappa shape index (κ1) is 15.9. The van der Waals surface area contributed by atoms with Crippen LogP contribution in [0.1, 0.15) is 20.8 Å². The van der Waals surface area contributed by atoms with E-state index in [-0.39, 0.29) is 31.1 Å². The number of rotatable bonds is 0. The second-order valence-corrected chi connectivity index (χ2v) is 1.59. The van der Waals surface area contributed by atoms with Crippen molar-refractivity contribution in [2.75, 3.05) is 0 Å². The predicted molar refractivity (Wildman–Crippen MR) is 33.9 cm³/mol. The van der Waals surface area contributed by atoms with Crippen LogP contribution in [-0.4, -0.2) is 11.6 Å². The first-order valence-electron chi connectivity index (χ1n) is 2.24. The number of nitrogens with two attached hydrogens (primary N) is 1. The van der Waals surface area contributed by atoms with E-state index in [0.717, 1.165) is 0 Å². The van der Waals surface area contributed by atoms with Crippen LogP contribution in [0.25, 0.3) is 0 Å². The molecule has 0 aromatic rings. The SMILES string of the molecule is CC(=N)N.CC(C)=O.[Ru+3]. The Morgan fingerprint density at radius 1 is 1.33 bits per heavy atom. The largest absolute Gasteiger partial charge is 3.00 e. The number of hydrogen-bond acceptors (Lipinski definition) is 2. The molecule has 0 aromatic heterocycles. The van der Waals surface area contributed by atoms with Gasteiger partial charge < -0.3 is 10.5 Å². The Morgan fingerprint density at radius 2 is 1.33 bits per heavy atom. The second kappa shape index (κ2) is 10.7. The molecule has 0 aliphatic carbocycles. The third kappa shape index (κ3) is 4610. The van der Waals surface area contributed by atoms with Crippen LogP contribution < -0.4 is 5.73 Å². The molecule has 0 spiro atoms. The number of amidine groups is 1. The fourth-order valence-electron chi connectivity index (χ4n) is 0. The Bertz CT molecular complexity index is 73.0. The average molecular weight is 217 g/mol. The van der Waals surface area contributed by atoms with Gasteiger partial charge in [-0.1, -0.05) is 0 Å². The second-order valence-electron chi connectivity index (χ2n) is 1.59. The zero-order chi connectivity index (χ0) is 7.15. The van der Waals surface area contributed by atoms with E-state index < -0.39 is 0 Å². The van der Waals surface area contributed by atoms with Gasteiger partial charge in [0.15, 0.2) is 0 Å². The number of carbonyl (C=O) groups is 1. The third-order valence-corrected chi connectivity index (χ3v) is 0. The molecule has 0 heterocycles. The molecule has 0 aromatic carbocycles. The quantitative estimate of drug-likeness (QED) is 0.353. The van der Waals surface area contributed by atoms with Crippen molar-refractivity contribution in [3.63, 3.8) is 0 Å². The summed E-state index contributed by atoms with van der Waals surface area (Å²) in [5.74, 6) is 0.333. The van der Waals surface area contributed by atoms with Gasteiger partial charge in [0.2, 0.25) is 0 Å². The minimum atomic E-state index is 0. The smallest absolute Gasteiger partial charge is 0.388 e. The molecule has 0 bridgehead atoms. The summed E-state index contributed by atoms with van der Waals surface area (Å²) in [7, 11) is 0. The van der Waals surface area contributed by atoms with Gasteiger partial charge in [0.05, 0.1) is 5.84 Å². The average Bonchev–Trinajstić information content (AvgIpc) is 1.25. The van der Waals surface area contributed by atoms with Gasteiger partial charge in [-0.2, -0.15) is 0 Å². The molecule has 3 nitrogen and oxygen atoms in total. The number of Topliss-reactive ketones (excluding diaryl/α,β-unsaturated/α-hetero) is 1. The van der Waals surface area contributed by atoms with Crippen LogP contribution in [0.3, 0.4) is 0 Å². The summed E-state index contributed by atoms with van der Waals surface area (Å²) in [6.45, 7) is 4.58. The summed E-state index contributed by atoms with van der Waals surface area (Å²) in [6, 6.07) is 0. The molecule has 0 aliphatic heterocycles. The van der Waals surface area contributed by atoms with Crippen LogP contribution in [0.15, 0.2) is 0 Å². The van der Waals surface area contributed by atoms with Crippen molar-refractivity contribution < 1.29 is 24.3 Å². The Balaban J connectivity index is -0.0000000720. The maximum Gasteiger partial charge on any atom is 3.00 e. The monoisotopic (exact) mass is 218 g/mol. The molecular formula is C5H12N2ORu+3. The van der Waals surface area contributed by atoms with Gasteiger partial charge in [-0.3, -0.25) is 5.41 Å². The maximum absolute atomic E-state index is 9.44. The standard InChI is InChI=1S/C3H6O.C2H6N2.Ru/c1-3(2)4;1-2(3)4;/h1-2H3;1H3,(H3,3,4);/q;;+3. The van der Waals surface area contributed by atoms with E-state index in [1.807, 2.05) is 0 Å². The maximum atomic E-state index is 9.44. The summed E-state index contributed by atoms with van der Waals surface area (Å²) < 4.78 is 0. The number of carbonyl (C=O) groups excluding carboxylic acids is 1. The topological polar surface area (TPSA) is 66.9 Å². The van der Waals surface area contributed by atoms with Crippen molar-refractivity contribution in [1.82, 2.24) is 0 Å². The van der Waals surface area contributed by atoms with Crippen LogP contribution in [0.5, 0.6) is 0 Å². The van der Waals surface area contributed by atoms with Crippen LogP contribution in [0.2, 0.25) is 0 Å². The van der Waals surface area contributed by atoms with Gasteiger partial charge in [-0.05, 0) is 20.8 Å². The molecule has 53 valence electrons. The van der Waals surface area contributed by atoms with Gasteiger partial charge in [-0.15, -0.1) is 0 Å². The van der Waals surface area contributed by atoms with Crippen molar-refractivity contribution in [2.24, 2.45) is 5.73 Å². The number of ketones is 1. The van der Waals surface area contributed by atoms with E-state index in [9.17, 15) is 4.79 Å². The van der Waals surface area contributed by atoms with Crippen molar-refractivity contribution in [1.29, 1.82) is 5.41 Å². The van der Waals surface area contributed by atoms with Gasteiger partial charge in [0.1, 0.15) is 5.78 Å². The summed E-state index contributed by atoms with van der Waals surface area (Å²) in [5.41, 5.74) is 4.69. The summed E-state index contributed by atoms with van der Waals surface area (Å²) in [4.78, 5) is 9.44. The number of nitrogens with one attached hydrogen (secondary N) is 1. The van der Waals surface area contributed by atoms with E-state index in [4.69, 9.17) is 11.1 Å². The molecule has 3 N–H and O–H groups in total. The molecule has 0 saturated carbocycles. The van der Waals surface area contributed by atoms with Gasteiger partial charge in [0, 0.05) is 0 Å². The Kier molecular flexibility index (Phi) is 18.9. The zero-order valence-electron chi connectivity index (χ0n) is 5.84. The molecule has 0 aliphatic rings. The van der Waals surface area contributed by atoms with Crippen LogP contribution in [0.4, 0.5) is 0 Å². The fraction of sp³-hybridized carbons (Fsp3) is 0.600. The zero-order valence-corrected chi connectivity index (χ0v) is 7.58. The Hall–Kier alpha value is -0.237.